The van der Waals surface area contributed by atoms with Crippen LogP contribution in [0.2, 0.25) is 0 Å². The summed E-state index contributed by atoms with van der Waals surface area (Å²) in [6.07, 6.45) is 0.555. The number of carbonyl (C=O) groups excluding carboxylic acids is 2. The molecule has 1 aromatic carbocycles. The summed E-state index contributed by atoms with van der Waals surface area (Å²) < 4.78 is 5.60. The summed E-state index contributed by atoms with van der Waals surface area (Å²) in [4.78, 5) is 27.2. The van der Waals surface area contributed by atoms with E-state index in [2.05, 4.69) is 15.2 Å². The van der Waals surface area contributed by atoms with Gasteiger partial charge in [0.1, 0.15) is 0 Å². The molecule has 2 aromatic heterocycles. The van der Waals surface area contributed by atoms with Crippen molar-refractivity contribution in [1.82, 2.24) is 15.2 Å². The van der Waals surface area contributed by atoms with Crippen molar-refractivity contribution in [2.75, 3.05) is 5.75 Å². The molecule has 1 N–H and O–H groups in total. The van der Waals surface area contributed by atoms with Crippen LogP contribution >= 0.6 is 11.8 Å². The summed E-state index contributed by atoms with van der Waals surface area (Å²) in [6.45, 7) is 5.07. The van der Waals surface area contributed by atoms with Crippen molar-refractivity contribution < 1.29 is 14.0 Å². The van der Waals surface area contributed by atoms with Crippen LogP contribution in [0.5, 0.6) is 0 Å². The number of aromatic nitrogens is 3. The van der Waals surface area contributed by atoms with E-state index in [1.165, 1.54) is 18.7 Å². The van der Waals surface area contributed by atoms with E-state index in [1.54, 1.807) is 13.8 Å². The number of hydrogen-bond acceptors (Lipinski definition) is 6. The minimum absolute atomic E-state index is 0.0505. The second-order valence-corrected chi connectivity index (χ2v) is 6.94. The molecule has 3 rings (SSSR count). The Bertz CT molecular complexity index is 944. The first kappa shape index (κ1) is 18.1. The van der Waals surface area contributed by atoms with E-state index in [0.29, 0.717) is 40.0 Å². The van der Waals surface area contributed by atoms with Gasteiger partial charge in [-0.25, -0.2) is 0 Å². The van der Waals surface area contributed by atoms with Crippen LogP contribution in [-0.2, 0) is 6.42 Å². The fourth-order valence-corrected chi connectivity index (χ4v) is 3.55. The molecule has 134 valence electrons. The third-order valence-corrected chi connectivity index (χ3v) is 4.86. The monoisotopic (exact) mass is 369 g/mol. The van der Waals surface area contributed by atoms with Crippen LogP contribution < -0.4 is 0 Å². The number of hydrogen-bond donors (Lipinski definition) is 1. The Morgan fingerprint density at radius 3 is 2.54 bits per heavy atom. The van der Waals surface area contributed by atoms with E-state index in [4.69, 9.17) is 4.42 Å². The molecule has 0 aliphatic rings. The first-order valence-corrected chi connectivity index (χ1v) is 9.16. The number of nitrogens with zero attached hydrogens (tertiary/aromatic N) is 2. The Morgan fingerprint density at radius 1 is 1.15 bits per heavy atom. The van der Waals surface area contributed by atoms with Crippen LogP contribution in [0.3, 0.4) is 0 Å². The predicted molar refractivity (Wildman–Crippen MR) is 98.9 cm³/mol. The van der Waals surface area contributed by atoms with Crippen LogP contribution in [0.4, 0.5) is 0 Å². The number of aromatic amines is 1. The van der Waals surface area contributed by atoms with E-state index >= 15 is 0 Å². The van der Waals surface area contributed by atoms with Crippen molar-refractivity contribution in [3.05, 3.63) is 64.3 Å². The topological polar surface area (TPSA) is 88.9 Å². The van der Waals surface area contributed by atoms with Crippen molar-refractivity contribution in [2.24, 2.45) is 0 Å². The highest BCUT2D eigenvalue weighted by Gasteiger charge is 2.20. The number of carbonyl (C=O) groups is 2. The lowest BCUT2D eigenvalue weighted by molar-refractivity contribution is 0.101. The van der Waals surface area contributed by atoms with Gasteiger partial charge >= 0.3 is 0 Å². The van der Waals surface area contributed by atoms with Crippen LogP contribution in [-0.4, -0.2) is 32.5 Å². The molecule has 0 aliphatic heterocycles. The van der Waals surface area contributed by atoms with Crippen molar-refractivity contribution in [1.29, 1.82) is 0 Å². The standard InChI is InChI=1S/C19H19N3O3S/c1-11-17(13(3)23)12(2)20-18(11)15(24)10-26-19-22-21-16(25-19)9-14-7-5-4-6-8-14/h4-8,20H,9-10H2,1-3H3. The number of Topliss-reactive ketones (excluding diaryl/α,β-unsaturated/α-hetero) is 2. The molecule has 0 fully saturated rings. The Balaban J connectivity index is 1.64. The van der Waals surface area contributed by atoms with Gasteiger partial charge in [-0.15, -0.1) is 10.2 Å². The normalized spacial score (nSPS) is 10.9. The molecule has 0 bridgehead atoms. The molecule has 0 aliphatic carbocycles. The van der Waals surface area contributed by atoms with Gasteiger partial charge in [-0.2, -0.15) is 0 Å². The van der Waals surface area contributed by atoms with Crippen LogP contribution in [0.25, 0.3) is 0 Å². The summed E-state index contributed by atoms with van der Waals surface area (Å²) >= 11 is 1.19. The summed E-state index contributed by atoms with van der Waals surface area (Å²) in [5.74, 6) is 0.513. The predicted octanol–water partition coefficient (Wildman–Crippen LogP) is 3.78. The fraction of sp³-hybridized carbons (Fsp3) is 0.263. The maximum atomic E-state index is 12.5. The zero-order valence-electron chi connectivity index (χ0n) is 14.8. The van der Waals surface area contributed by atoms with Crippen molar-refractivity contribution in [3.8, 4) is 0 Å². The van der Waals surface area contributed by atoms with Gasteiger partial charge in [0.05, 0.1) is 17.9 Å². The summed E-state index contributed by atoms with van der Waals surface area (Å²) in [6, 6.07) is 9.84. The lowest BCUT2D eigenvalue weighted by Crippen LogP contribution is -2.05. The maximum absolute atomic E-state index is 12.5. The molecule has 0 spiro atoms. The molecule has 26 heavy (non-hydrogen) atoms. The molecule has 3 aromatic rings. The number of H-pyrrole nitrogens is 1. The van der Waals surface area contributed by atoms with Gasteiger partial charge in [-0.05, 0) is 31.9 Å². The fourth-order valence-electron chi connectivity index (χ4n) is 2.89. The Hall–Kier alpha value is -2.67. The molecule has 0 unspecified atom stereocenters. The lowest BCUT2D eigenvalue weighted by Gasteiger charge is -1.99. The highest BCUT2D eigenvalue weighted by Crippen LogP contribution is 2.23. The molecule has 0 radical (unpaired) electrons. The molecule has 0 saturated carbocycles. The second kappa shape index (κ2) is 7.70. The average Bonchev–Trinajstić information content (AvgIpc) is 3.17. The molecular formula is C19H19N3O3S. The smallest absolute Gasteiger partial charge is 0.277 e. The number of rotatable bonds is 7. The van der Waals surface area contributed by atoms with Crippen molar-refractivity contribution in [3.63, 3.8) is 0 Å². The van der Waals surface area contributed by atoms with E-state index < -0.39 is 0 Å². The lowest BCUT2D eigenvalue weighted by atomic mass is 10.1. The van der Waals surface area contributed by atoms with Gasteiger partial charge < -0.3 is 9.40 Å². The van der Waals surface area contributed by atoms with Gasteiger partial charge in [-0.3, -0.25) is 9.59 Å². The number of benzene rings is 1. The number of thioether (sulfide) groups is 1. The molecule has 0 amide bonds. The Morgan fingerprint density at radius 2 is 1.88 bits per heavy atom. The van der Waals surface area contributed by atoms with Gasteiger partial charge in [0, 0.05) is 11.3 Å². The van der Waals surface area contributed by atoms with Crippen LogP contribution in [0, 0.1) is 13.8 Å². The zero-order valence-corrected chi connectivity index (χ0v) is 15.6. The van der Waals surface area contributed by atoms with Gasteiger partial charge in [-0.1, -0.05) is 42.1 Å². The molecule has 0 atom stereocenters. The molecular weight excluding hydrogens is 350 g/mol. The number of nitrogens with one attached hydrogen (secondary N) is 1. The molecule has 7 heteroatoms. The SMILES string of the molecule is CC(=O)c1c(C)[nH]c(C(=O)CSc2nnc(Cc3ccccc3)o2)c1C. The number of ketones is 2. The first-order chi connectivity index (χ1) is 12.5. The summed E-state index contributed by atoms with van der Waals surface area (Å²) in [5, 5.41) is 8.36. The quantitative estimate of drug-likeness (QED) is 0.503. The number of aryl methyl sites for hydroxylation is 1. The zero-order chi connectivity index (χ0) is 18.7. The minimum Gasteiger partial charge on any atom is -0.416 e. The Kier molecular flexibility index (Phi) is 5.37. The third kappa shape index (κ3) is 3.94. The van der Waals surface area contributed by atoms with Crippen LogP contribution in [0.15, 0.2) is 40.0 Å². The highest BCUT2D eigenvalue weighted by atomic mass is 32.2. The first-order valence-electron chi connectivity index (χ1n) is 8.18. The average molecular weight is 369 g/mol. The van der Waals surface area contributed by atoms with Gasteiger partial charge in [0.2, 0.25) is 5.89 Å². The largest absolute Gasteiger partial charge is 0.416 e. The molecule has 0 saturated heterocycles. The maximum Gasteiger partial charge on any atom is 0.277 e. The van der Waals surface area contributed by atoms with E-state index in [9.17, 15) is 9.59 Å². The van der Waals surface area contributed by atoms with Crippen LogP contribution in [0.1, 0.15) is 50.5 Å². The minimum atomic E-state index is -0.106. The van der Waals surface area contributed by atoms with Crippen molar-refractivity contribution >= 4 is 23.3 Å². The second-order valence-electron chi connectivity index (χ2n) is 6.02. The van der Waals surface area contributed by atoms with E-state index in [0.717, 1.165) is 5.56 Å². The third-order valence-electron chi connectivity index (χ3n) is 4.04. The summed E-state index contributed by atoms with van der Waals surface area (Å²) in [5.41, 5.74) is 3.53. The van der Waals surface area contributed by atoms with E-state index in [-0.39, 0.29) is 17.3 Å². The van der Waals surface area contributed by atoms with Gasteiger partial charge in [0.15, 0.2) is 11.6 Å². The molecule has 2 heterocycles. The van der Waals surface area contributed by atoms with E-state index in [1.807, 2.05) is 30.3 Å². The Labute approximate surface area is 155 Å². The molecule has 6 nitrogen and oxygen atoms in total. The van der Waals surface area contributed by atoms with Crippen molar-refractivity contribution in [2.45, 2.75) is 32.4 Å². The highest BCUT2D eigenvalue weighted by molar-refractivity contribution is 7.99. The van der Waals surface area contributed by atoms with Gasteiger partial charge in [0.25, 0.3) is 5.22 Å². The summed E-state index contributed by atoms with van der Waals surface area (Å²) in [7, 11) is 0.